The number of guanidine groups is 1. The van der Waals surface area contributed by atoms with Crippen LogP contribution >= 0.6 is 24.0 Å². The van der Waals surface area contributed by atoms with Gasteiger partial charge in [-0.05, 0) is 44.9 Å². The maximum Gasteiger partial charge on any atom is 0.194 e. The monoisotopic (exact) mass is 557 g/mol. The van der Waals surface area contributed by atoms with Crippen LogP contribution in [0.1, 0.15) is 29.5 Å². The number of ether oxygens (including phenoxy) is 2. The van der Waals surface area contributed by atoms with Crippen molar-refractivity contribution in [3.63, 3.8) is 0 Å². The molecular formula is C23H36IN5O3. The molecule has 0 unspecified atom stereocenters. The van der Waals surface area contributed by atoms with Gasteiger partial charge in [0.25, 0.3) is 0 Å². The number of methoxy groups -OCH3 is 2. The van der Waals surface area contributed by atoms with Crippen LogP contribution < -0.4 is 14.8 Å². The van der Waals surface area contributed by atoms with E-state index in [0.29, 0.717) is 0 Å². The number of halogens is 1. The Balaban J connectivity index is 0.00000363. The Morgan fingerprint density at radius 3 is 2.44 bits per heavy atom. The molecule has 1 saturated heterocycles. The lowest BCUT2D eigenvalue weighted by Crippen LogP contribution is -2.52. The zero-order valence-corrected chi connectivity index (χ0v) is 22.1. The van der Waals surface area contributed by atoms with Crippen molar-refractivity contribution in [3.8, 4) is 11.5 Å². The van der Waals surface area contributed by atoms with Crippen molar-refractivity contribution >= 4 is 29.9 Å². The highest BCUT2D eigenvalue weighted by Crippen LogP contribution is 2.28. The fraction of sp³-hybridized carbons (Fsp3) is 0.565. The lowest BCUT2D eigenvalue weighted by atomic mass is 10.1. The van der Waals surface area contributed by atoms with Crippen LogP contribution in [0.4, 0.5) is 0 Å². The first-order valence-electron chi connectivity index (χ1n) is 10.9. The quantitative estimate of drug-likeness (QED) is 0.304. The molecule has 0 atom stereocenters. The summed E-state index contributed by atoms with van der Waals surface area (Å²) in [5.41, 5.74) is 3.35. The summed E-state index contributed by atoms with van der Waals surface area (Å²) < 4.78 is 16.0. The SMILES string of the molecule is CCNC(=NCCc1c(C)noc1C)N1CCN(Cc2ccc(OC)c(OC)c2)CC1.I. The maximum absolute atomic E-state index is 5.43. The first-order chi connectivity index (χ1) is 15.0. The second-order valence-electron chi connectivity index (χ2n) is 7.74. The average molecular weight is 557 g/mol. The van der Waals surface area contributed by atoms with E-state index in [4.69, 9.17) is 19.0 Å². The van der Waals surface area contributed by atoms with E-state index >= 15 is 0 Å². The van der Waals surface area contributed by atoms with E-state index in [0.717, 1.165) is 81.1 Å². The maximum atomic E-state index is 5.43. The second-order valence-corrected chi connectivity index (χ2v) is 7.74. The molecule has 9 heteroatoms. The minimum absolute atomic E-state index is 0. The molecule has 0 amide bonds. The molecule has 0 bridgehead atoms. The van der Waals surface area contributed by atoms with Gasteiger partial charge < -0.3 is 24.2 Å². The normalized spacial score (nSPS) is 14.8. The van der Waals surface area contributed by atoms with Crippen LogP contribution in [0.2, 0.25) is 0 Å². The molecule has 1 N–H and O–H groups in total. The van der Waals surface area contributed by atoms with Gasteiger partial charge in [-0.15, -0.1) is 24.0 Å². The molecule has 32 heavy (non-hydrogen) atoms. The number of nitrogens with zero attached hydrogens (tertiary/aromatic N) is 4. The second kappa shape index (κ2) is 12.9. The van der Waals surface area contributed by atoms with Gasteiger partial charge in [-0.25, -0.2) is 0 Å². The largest absolute Gasteiger partial charge is 0.493 e. The molecule has 1 aromatic heterocycles. The lowest BCUT2D eigenvalue weighted by molar-refractivity contribution is 0.172. The van der Waals surface area contributed by atoms with Crippen LogP contribution in [-0.2, 0) is 13.0 Å². The molecule has 1 aromatic carbocycles. The highest BCUT2D eigenvalue weighted by molar-refractivity contribution is 14.0. The Labute approximate surface area is 208 Å². The third-order valence-electron chi connectivity index (χ3n) is 5.67. The minimum atomic E-state index is 0. The van der Waals surface area contributed by atoms with E-state index < -0.39 is 0 Å². The van der Waals surface area contributed by atoms with Gasteiger partial charge in [0.1, 0.15) is 5.76 Å². The van der Waals surface area contributed by atoms with Gasteiger partial charge in [0.05, 0.1) is 19.9 Å². The van der Waals surface area contributed by atoms with Gasteiger partial charge >= 0.3 is 0 Å². The van der Waals surface area contributed by atoms with Crippen LogP contribution in [0.25, 0.3) is 0 Å². The zero-order chi connectivity index (χ0) is 22.2. The highest BCUT2D eigenvalue weighted by atomic mass is 127. The van der Waals surface area contributed by atoms with Crippen LogP contribution in [-0.4, -0.2) is 74.4 Å². The molecule has 0 spiro atoms. The number of hydrogen-bond acceptors (Lipinski definition) is 6. The number of rotatable bonds is 8. The standard InChI is InChI=1S/C23H35N5O3.HI/c1-6-24-23(25-10-9-20-17(2)26-31-18(20)3)28-13-11-27(12-14-28)16-19-7-8-21(29-4)22(15-19)30-5;/h7-8,15H,6,9-14,16H2,1-5H3,(H,24,25);1H. The van der Waals surface area contributed by atoms with Crippen LogP contribution in [0, 0.1) is 13.8 Å². The number of hydrogen-bond donors (Lipinski definition) is 1. The van der Waals surface area contributed by atoms with Crippen LogP contribution in [0.3, 0.4) is 0 Å². The van der Waals surface area contributed by atoms with Crippen molar-refractivity contribution in [2.45, 2.75) is 33.7 Å². The Morgan fingerprint density at radius 2 is 1.84 bits per heavy atom. The predicted molar refractivity (Wildman–Crippen MR) is 137 cm³/mol. The van der Waals surface area contributed by atoms with Crippen LogP contribution in [0.15, 0.2) is 27.7 Å². The molecule has 2 aromatic rings. The third-order valence-corrected chi connectivity index (χ3v) is 5.67. The molecule has 1 aliphatic rings. The summed E-state index contributed by atoms with van der Waals surface area (Å²) in [5.74, 6) is 3.42. The Hall–Kier alpha value is -2.01. The Kier molecular flexibility index (Phi) is 10.6. The van der Waals surface area contributed by atoms with Crippen molar-refractivity contribution in [1.29, 1.82) is 0 Å². The Bertz CT molecular complexity index is 859. The first kappa shape index (κ1) is 26.2. The van der Waals surface area contributed by atoms with Gasteiger partial charge in [0, 0.05) is 51.4 Å². The van der Waals surface area contributed by atoms with E-state index in [1.165, 1.54) is 11.1 Å². The molecule has 3 rings (SSSR count). The highest BCUT2D eigenvalue weighted by Gasteiger charge is 2.20. The first-order valence-corrected chi connectivity index (χ1v) is 10.9. The predicted octanol–water partition coefficient (Wildman–Crippen LogP) is 3.25. The summed E-state index contributed by atoms with van der Waals surface area (Å²) in [6, 6.07) is 6.14. The molecule has 0 radical (unpaired) electrons. The van der Waals surface area contributed by atoms with E-state index in [1.54, 1.807) is 14.2 Å². The lowest BCUT2D eigenvalue weighted by Gasteiger charge is -2.36. The molecule has 0 saturated carbocycles. The van der Waals surface area contributed by atoms with Crippen LogP contribution in [0.5, 0.6) is 11.5 Å². The number of nitrogens with one attached hydrogen (secondary N) is 1. The van der Waals surface area contributed by atoms with E-state index in [9.17, 15) is 0 Å². The zero-order valence-electron chi connectivity index (χ0n) is 19.8. The summed E-state index contributed by atoms with van der Waals surface area (Å²) in [6.45, 7) is 12.4. The number of piperazine rings is 1. The van der Waals surface area contributed by atoms with Gasteiger partial charge in [-0.1, -0.05) is 11.2 Å². The summed E-state index contributed by atoms with van der Waals surface area (Å²) in [5, 5.41) is 7.48. The van der Waals surface area contributed by atoms with Gasteiger partial charge in [0.15, 0.2) is 17.5 Å². The number of aromatic nitrogens is 1. The van der Waals surface area contributed by atoms with Crippen molar-refractivity contribution < 1.29 is 14.0 Å². The fourth-order valence-electron chi connectivity index (χ4n) is 3.91. The van der Waals surface area contributed by atoms with Crippen molar-refractivity contribution in [2.75, 3.05) is 53.5 Å². The van der Waals surface area contributed by atoms with E-state index in [-0.39, 0.29) is 24.0 Å². The molecule has 2 heterocycles. The van der Waals surface area contributed by atoms with Crippen molar-refractivity contribution in [2.24, 2.45) is 4.99 Å². The summed E-state index contributed by atoms with van der Waals surface area (Å²) >= 11 is 0. The molecular weight excluding hydrogens is 521 g/mol. The van der Waals surface area contributed by atoms with Gasteiger partial charge in [-0.3, -0.25) is 9.89 Å². The summed E-state index contributed by atoms with van der Waals surface area (Å²) in [4.78, 5) is 9.67. The summed E-state index contributed by atoms with van der Waals surface area (Å²) in [7, 11) is 3.34. The minimum Gasteiger partial charge on any atom is -0.493 e. The molecule has 0 aliphatic carbocycles. The molecule has 1 aliphatic heterocycles. The van der Waals surface area contributed by atoms with E-state index in [1.807, 2.05) is 19.9 Å². The van der Waals surface area contributed by atoms with Gasteiger partial charge in [0.2, 0.25) is 0 Å². The number of aryl methyl sites for hydroxylation is 2. The molecule has 1 fully saturated rings. The smallest absolute Gasteiger partial charge is 0.194 e. The van der Waals surface area contributed by atoms with E-state index in [2.05, 4.69) is 39.3 Å². The van der Waals surface area contributed by atoms with Crippen molar-refractivity contribution in [1.82, 2.24) is 20.3 Å². The number of benzene rings is 1. The van der Waals surface area contributed by atoms with Gasteiger partial charge in [-0.2, -0.15) is 0 Å². The third kappa shape index (κ3) is 6.74. The average Bonchev–Trinajstić information content (AvgIpc) is 3.11. The molecule has 178 valence electrons. The molecule has 8 nitrogen and oxygen atoms in total. The number of aliphatic imine (C=N–C) groups is 1. The van der Waals surface area contributed by atoms with Crippen molar-refractivity contribution in [3.05, 3.63) is 40.8 Å². The summed E-state index contributed by atoms with van der Waals surface area (Å²) in [6.07, 6.45) is 0.843. The topological polar surface area (TPSA) is 75.4 Å². The Morgan fingerprint density at radius 1 is 1.12 bits per heavy atom. The fourth-order valence-corrected chi connectivity index (χ4v) is 3.91.